The molecule has 0 spiro atoms. The molecule has 1 atom stereocenters. The molecule has 0 aliphatic carbocycles. The minimum atomic E-state index is -0.308. The lowest BCUT2D eigenvalue weighted by Crippen LogP contribution is -2.09. The van der Waals surface area contributed by atoms with Crippen molar-refractivity contribution in [3.05, 3.63) is 35.9 Å². The Morgan fingerprint density at radius 2 is 1.94 bits per heavy atom. The summed E-state index contributed by atoms with van der Waals surface area (Å²) in [5.74, 6) is -0.308. The first kappa shape index (κ1) is 12.7. The van der Waals surface area contributed by atoms with Gasteiger partial charge in [0.05, 0.1) is 0 Å². The molecule has 1 aromatic carbocycles. The fourth-order valence-electron chi connectivity index (χ4n) is 1.38. The van der Waals surface area contributed by atoms with E-state index in [0.29, 0.717) is 6.42 Å². The molecule has 0 saturated carbocycles. The van der Waals surface area contributed by atoms with Gasteiger partial charge < -0.3 is 0 Å². The summed E-state index contributed by atoms with van der Waals surface area (Å²) < 4.78 is 0. The highest BCUT2D eigenvalue weighted by molar-refractivity contribution is 5.68. The van der Waals surface area contributed by atoms with Gasteiger partial charge in [-0.05, 0) is 18.4 Å². The molecule has 0 amide bonds. The van der Waals surface area contributed by atoms with Crippen LogP contribution in [-0.4, -0.2) is 5.97 Å². The molecule has 88 valence electrons. The topological polar surface area (TPSA) is 35.5 Å². The first-order chi connectivity index (χ1) is 7.77. The second-order valence-corrected chi connectivity index (χ2v) is 3.61. The lowest BCUT2D eigenvalue weighted by Gasteiger charge is -2.14. The molecule has 0 saturated heterocycles. The van der Waals surface area contributed by atoms with Gasteiger partial charge in [0.2, 0.25) is 0 Å². The third-order valence-electron chi connectivity index (χ3n) is 2.25. The summed E-state index contributed by atoms with van der Waals surface area (Å²) in [5.41, 5.74) is 1.02. The maximum absolute atomic E-state index is 11.1. The van der Waals surface area contributed by atoms with E-state index >= 15 is 0 Å². The highest BCUT2D eigenvalue weighted by Gasteiger charge is 2.12. The highest BCUT2D eigenvalue weighted by Crippen LogP contribution is 2.20. The fourth-order valence-corrected chi connectivity index (χ4v) is 1.38. The first-order valence-corrected chi connectivity index (χ1v) is 5.69. The molecule has 0 fully saturated rings. The molecule has 0 bridgehead atoms. The van der Waals surface area contributed by atoms with Gasteiger partial charge in [0.1, 0.15) is 6.10 Å². The van der Waals surface area contributed by atoms with Crippen LogP contribution in [0.1, 0.15) is 44.8 Å². The molecule has 1 rings (SSSR count). The monoisotopic (exact) mass is 222 g/mol. The van der Waals surface area contributed by atoms with Crippen LogP contribution in [0.2, 0.25) is 0 Å². The zero-order chi connectivity index (χ0) is 11.8. The minimum Gasteiger partial charge on any atom is -0.298 e. The summed E-state index contributed by atoms with van der Waals surface area (Å²) in [6.45, 7) is 3.92. The van der Waals surface area contributed by atoms with E-state index in [2.05, 4.69) is 0 Å². The molecule has 3 heteroatoms. The van der Waals surface area contributed by atoms with Crippen molar-refractivity contribution < 1.29 is 14.6 Å². The van der Waals surface area contributed by atoms with Gasteiger partial charge in [-0.15, -0.1) is 0 Å². The summed E-state index contributed by atoms with van der Waals surface area (Å²) in [4.78, 5) is 21.0. The Balaban J connectivity index is 2.47. The van der Waals surface area contributed by atoms with Crippen molar-refractivity contribution in [2.45, 2.75) is 39.2 Å². The van der Waals surface area contributed by atoms with Crippen LogP contribution in [0.3, 0.4) is 0 Å². The number of carbonyl (C=O) groups excluding carboxylic acids is 1. The Morgan fingerprint density at radius 1 is 1.25 bits per heavy atom. The number of hydrogen-bond donors (Lipinski definition) is 0. The number of rotatable bonds is 6. The molecule has 0 radical (unpaired) electrons. The predicted molar refractivity (Wildman–Crippen MR) is 61.6 cm³/mol. The van der Waals surface area contributed by atoms with Crippen LogP contribution >= 0.6 is 0 Å². The van der Waals surface area contributed by atoms with E-state index in [0.717, 1.165) is 18.4 Å². The van der Waals surface area contributed by atoms with Crippen LogP contribution in [0.4, 0.5) is 0 Å². The average molecular weight is 222 g/mol. The molecule has 0 aliphatic rings. The van der Waals surface area contributed by atoms with Crippen molar-refractivity contribution in [1.29, 1.82) is 0 Å². The summed E-state index contributed by atoms with van der Waals surface area (Å²) in [7, 11) is 0. The number of benzene rings is 1. The molecule has 1 unspecified atom stereocenters. The molecular weight excluding hydrogens is 204 g/mol. The van der Waals surface area contributed by atoms with Gasteiger partial charge in [-0.25, -0.2) is 4.79 Å². The Bertz CT molecular complexity index is 308. The quantitative estimate of drug-likeness (QED) is 0.546. The second-order valence-electron chi connectivity index (χ2n) is 3.61. The van der Waals surface area contributed by atoms with Gasteiger partial charge >= 0.3 is 5.97 Å². The van der Waals surface area contributed by atoms with Crippen molar-refractivity contribution >= 4 is 5.97 Å². The van der Waals surface area contributed by atoms with Crippen LogP contribution in [0.25, 0.3) is 0 Å². The number of hydrogen-bond acceptors (Lipinski definition) is 3. The average Bonchev–Trinajstić information content (AvgIpc) is 2.31. The lowest BCUT2D eigenvalue weighted by atomic mass is 10.1. The lowest BCUT2D eigenvalue weighted by molar-refractivity contribution is -0.301. The predicted octanol–water partition coefficient (Wildman–Crippen LogP) is 3.41. The Labute approximate surface area is 96.3 Å². The standard InChI is InChI=1S/C13H18O3/c1-3-8-13(14)16-15-12(4-2)11-9-6-5-7-10-11/h5-7,9-10,12H,3-4,8H2,1-2H3. The molecule has 3 nitrogen and oxygen atoms in total. The first-order valence-electron chi connectivity index (χ1n) is 5.69. The van der Waals surface area contributed by atoms with Crippen molar-refractivity contribution in [2.24, 2.45) is 0 Å². The zero-order valence-electron chi connectivity index (χ0n) is 9.81. The van der Waals surface area contributed by atoms with E-state index in [-0.39, 0.29) is 12.1 Å². The van der Waals surface area contributed by atoms with E-state index in [1.165, 1.54) is 0 Å². The minimum absolute atomic E-state index is 0.179. The van der Waals surface area contributed by atoms with E-state index in [1.54, 1.807) is 0 Å². The Morgan fingerprint density at radius 3 is 2.50 bits per heavy atom. The molecule has 0 aliphatic heterocycles. The van der Waals surface area contributed by atoms with Gasteiger partial charge in [-0.2, -0.15) is 4.89 Å². The molecule has 1 aromatic rings. The van der Waals surface area contributed by atoms with E-state index in [4.69, 9.17) is 9.78 Å². The Hall–Kier alpha value is -1.35. The summed E-state index contributed by atoms with van der Waals surface area (Å²) >= 11 is 0. The summed E-state index contributed by atoms with van der Waals surface area (Å²) in [6, 6.07) is 9.74. The van der Waals surface area contributed by atoms with Crippen LogP contribution < -0.4 is 0 Å². The maximum Gasteiger partial charge on any atom is 0.342 e. The summed E-state index contributed by atoms with van der Waals surface area (Å²) in [5, 5.41) is 0. The SMILES string of the molecule is CCCC(=O)OOC(CC)c1ccccc1. The largest absolute Gasteiger partial charge is 0.342 e. The molecule has 16 heavy (non-hydrogen) atoms. The van der Waals surface area contributed by atoms with Gasteiger partial charge in [-0.3, -0.25) is 4.89 Å². The normalized spacial score (nSPS) is 12.1. The van der Waals surface area contributed by atoms with Gasteiger partial charge in [-0.1, -0.05) is 44.2 Å². The summed E-state index contributed by atoms with van der Waals surface area (Å²) in [6.07, 6.45) is 1.75. The van der Waals surface area contributed by atoms with Crippen LogP contribution in [0.5, 0.6) is 0 Å². The molecule has 0 heterocycles. The smallest absolute Gasteiger partial charge is 0.298 e. The maximum atomic E-state index is 11.1. The van der Waals surface area contributed by atoms with E-state index in [1.807, 2.05) is 44.2 Å². The van der Waals surface area contributed by atoms with Crippen LogP contribution in [-0.2, 0) is 14.6 Å². The van der Waals surface area contributed by atoms with Crippen molar-refractivity contribution in [3.8, 4) is 0 Å². The number of carbonyl (C=O) groups is 1. The fraction of sp³-hybridized carbons (Fsp3) is 0.462. The van der Waals surface area contributed by atoms with Crippen molar-refractivity contribution in [3.63, 3.8) is 0 Å². The molecular formula is C13H18O3. The van der Waals surface area contributed by atoms with Crippen molar-refractivity contribution in [2.75, 3.05) is 0 Å². The molecule has 0 aromatic heterocycles. The third-order valence-corrected chi connectivity index (χ3v) is 2.25. The van der Waals surface area contributed by atoms with E-state index < -0.39 is 0 Å². The van der Waals surface area contributed by atoms with Crippen LogP contribution in [0.15, 0.2) is 30.3 Å². The second kappa shape index (κ2) is 7.01. The molecule has 0 N–H and O–H groups in total. The zero-order valence-corrected chi connectivity index (χ0v) is 9.81. The van der Waals surface area contributed by atoms with Gasteiger partial charge in [0.25, 0.3) is 0 Å². The van der Waals surface area contributed by atoms with Gasteiger partial charge in [0, 0.05) is 6.42 Å². The Kier molecular flexibility index (Phi) is 5.57. The van der Waals surface area contributed by atoms with Crippen LogP contribution in [0, 0.1) is 0 Å². The van der Waals surface area contributed by atoms with Gasteiger partial charge in [0.15, 0.2) is 0 Å². The highest BCUT2D eigenvalue weighted by atomic mass is 17.2. The third kappa shape index (κ3) is 4.03. The van der Waals surface area contributed by atoms with Crippen molar-refractivity contribution in [1.82, 2.24) is 0 Å². The van der Waals surface area contributed by atoms with E-state index in [9.17, 15) is 4.79 Å².